The van der Waals surface area contributed by atoms with Gasteiger partial charge in [-0.1, -0.05) is 59.5 Å². The van der Waals surface area contributed by atoms with Crippen molar-refractivity contribution in [3.8, 4) is 5.75 Å². The molecule has 0 amide bonds. The van der Waals surface area contributed by atoms with Crippen LogP contribution in [0, 0.1) is 11.8 Å². The number of unbranched alkanes of at least 4 members (excludes halogenated alkanes) is 2. The first-order chi connectivity index (χ1) is 17.5. The topological polar surface area (TPSA) is 246 Å². The minimum Gasteiger partial charge on any atom is -0.497 e. The van der Waals surface area contributed by atoms with Crippen LogP contribution >= 0.6 is 0 Å². The number of methoxy groups -OCH3 is 1. The zero-order chi connectivity index (χ0) is 28.0. The molecule has 3 aliphatic heterocycles. The van der Waals surface area contributed by atoms with E-state index in [0.717, 1.165) is 41.7 Å². The lowest BCUT2D eigenvalue weighted by molar-refractivity contribution is -0.0444. The van der Waals surface area contributed by atoms with Crippen molar-refractivity contribution in [2.45, 2.75) is 78.4 Å². The minimum atomic E-state index is -4.67. The lowest BCUT2D eigenvalue weighted by Gasteiger charge is -2.50. The first kappa shape index (κ1) is 45.8. The van der Waals surface area contributed by atoms with Crippen LogP contribution in [0.3, 0.4) is 0 Å². The van der Waals surface area contributed by atoms with Crippen LogP contribution in [0.5, 0.6) is 5.75 Å². The fraction of sp³-hybridized carbons (Fsp3) is 0.607. The SMILES string of the molecule is C=C[C@H]1CN2CCC1C[C@H]2[C@H](O)c1ccnc2ccc(OC)cc12.CCCC.CCCC.O.O.O.O.O=S(=O)(O)O. The molecule has 4 heterocycles. The number of aromatic nitrogens is 1. The van der Waals surface area contributed by atoms with Crippen molar-refractivity contribution in [1.82, 2.24) is 9.88 Å². The Bertz CT molecular complexity index is 1040. The largest absolute Gasteiger partial charge is 0.497 e. The molecule has 5 rings (SSSR count). The van der Waals surface area contributed by atoms with Gasteiger partial charge in [0.15, 0.2) is 0 Å². The number of aliphatic hydroxyl groups is 1. The molecule has 2 bridgehead atoms. The highest BCUT2D eigenvalue weighted by Crippen LogP contribution is 2.42. The molecule has 11 N–H and O–H groups in total. The predicted octanol–water partition coefficient (Wildman–Crippen LogP) is 2.83. The predicted molar refractivity (Wildman–Crippen MR) is 165 cm³/mol. The maximum absolute atomic E-state index is 11.2. The third-order valence-electron chi connectivity index (χ3n) is 6.82. The Kier molecular flexibility index (Phi) is 26.1. The molecule has 1 aromatic carbocycles. The summed E-state index contributed by atoms with van der Waals surface area (Å²) < 4.78 is 36.9. The fourth-order valence-electron chi connectivity index (χ4n) is 4.44. The molecule has 3 saturated heterocycles. The summed E-state index contributed by atoms with van der Waals surface area (Å²) in [6, 6.07) is 7.96. The van der Waals surface area contributed by atoms with Crippen molar-refractivity contribution < 1.29 is 49.3 Å². The first-order valence-electron chi connectivity index (χ1n) is 13.2. The Morgan fingerprint density at radius 2 is 1.59 bits per heavy atom. The number of fused-ring (bicyclic) bond motifs is 4. The molecule has 0 spiro atoms. The van der Waals surface area contributed by atoms with E-state index in [1.807, 2.05) is 24.3 Å². The van der Waals surface area contributed by atoms with Gasteiger partial charge in [0.05, 0.1) is 18.7 Å². The molecule has 0 aliphatic carbocycles. The summed E-state index contributed by atoms with van der Waals surface area (Å²) in [6.45, 7) is 14.8. The molecule has 13 heteroatoms. The maximum atomic E-state index is 11.2. The number of hydrogen-bond acceptors (Lipinski definition) is 6. The van der Waals surface area contributed by atoms with Gasteiger partial charge in [-0.25, -0.2) is 0 Å². The molecule has 3 aliphatic rings. The molecule has 2 aromatic rings. The van der Waals surface area contributed by atoms with E-state index in [9.17, 15) is 5.11 Å². The summed E-state index contributed by atoms with van der Waals surface area (Å²) >= 11 is 0. The number of aliphatic hydroxyl groups excluding tert-OH is 1. The quantitative estimate of drug-likeness (QED) is 0.323. The average Bonchev–Trinajstić information content (AvgIpc) is 2.91. The summed E-state index contributed by atoms with van der Waals surface area (Å²) in [7, 11) is -3.01. The summed E-state index contributed by atoms with van der Waals surface area (Å²) in [5.41, 5.74) is 1.85. The molecule has 41 heavy (non-hydrogen) atoms. The van der Waals surface area contributed by atoms with Gasteiger partial charge in [-0.15, -0.1) is 6.58 Å². The van der Waals surface area contributed by atoms with Crippen molar-refractivity contribution in [3.63, 3.8) is 0 Å². The maximum Gasteiger partial charge on any atom is 0.394 e. The smallest absolute Gasteiger partial charge is 0.394 e. The minimum absolute atomic E-state index is 0. The van der Waals surface area contributed by atoms with Gasteiger partial charge in [0, 0.05) is 24.2 Å². The van der Waals surface area contributed by atoms with E-state index >= 15 is 0 Å². The lowest BCUT2D eigenvalue weighted by Crippen LogP contribution is -2.54. The van der Waals surface area contributed by atoms with Crippen LogP contribution in [0.15, 0.2) is 43.1 Å². The monoisotopic (exact) mass is 610 g/mol. The number of benzene rings is 1. The van der Waals surface area contributed by atoms with Crippen molar-refractivity contribution in [3.05, 3.63) is 48.7 Å². The number of pyridine rings is 1. The van der Waals surface area contributed by atoms with Gasteiger partial charge in [-0.05, 0) is 61.1 Å². The number of ether oxygens (including phenoxy) is 1. The first-order valence-corrected chi connectivity index (χ1v) is 14.6. The van der Waals surface area contributed by atoms with Crippen LogP contribution in [0.1, 0.15) is 77.9 Å². The van der Waals surface area contributed by atoms with E-state index < -0.39 is 16.5 Å². The summed E-state index contributed by atoms with van der Waals surface area (Å²) in [4.78, 5) is 6.86. The Morgan fingerprint density at radius 3 is 2.00 bits per heavy atom. The van der Waals surface area contributed by atoms with Gasteiger partial charge in [-0.3, -0.25) is 19.0 Å². The van der Waals surface area contributed by atoms with Gasteiger partial charge in [0.25, 0.3) is 0 Å². The standard InChI is InChI=1S/C20H24N2O2.2C4H10.H2O4S.4H2O/c1-3-13-12-22-9-7-14(13)10-19(22)20(23)16-6-8-21-18-5-4-15(24-2)11-17(16)18;2*1-3-4-2;1-5(2,3)4;;;;/h3-6,8,11,13-14,19-20,23H,1,7,9-10,12H2,2H3;2*3-4H2,1-2H3;(H2,1,2,3,4);4*1H2/t13-,14?,19-,20+;;;;;;;/m0......./s1. The third kappa shape index (κ3) is 15.6. The lowest BCUT2D eigenvalue weighted by atomic mass is 9.73. The van der Waals surface area contributed by atoms with Crippen LogP contribution in [0.2, 0.25) is 0 Å². The average molecular weight is 611 g/mol. The second-order valence-corrected chi connectivity index (χ2v) is 10.3. The summed E-state index contributed by atoms with van der Waals surface area (Å²) in [5, 5.41) is 12.1. The number of piperidine rings is 3. The zero-order valence-electron chi connectivity index (χ0n) is 25.0. The van der Waals surface area contributed by atoms with Crippen LogP contribution in [0.25, 0.3) is 10.9 Å². The van der Waals surface area contributed by atoms with Crippen molar-refractivity contribution >= 4 is 21.3 Å². The van der Waals surface area contributed by atoms with E-state index in [1.54, 1.807) is 13.3 Å². The Labute approximate surface area is 245 Å². The fourth-order valence-corrected chi connectivity index (χ4v) is 4.44. The normalized spacial score (nSPS) is 20.6. The second kappa shape index (κ2) is 23.4. The van der Waals surface area contributed by atoms with Gasteiger partial charge in [0.1, 0.15) is 5.75 Å². The molecule has 0 saturated carbocycles. The van der Waals surface area contributed by atoms with E-state index in [2.05, 4.69) is 50.2 Å². The van der Waals surface area contributed by atoms with E-state index in [1.165, 1.54) is 32.1 Å². The molecule has 242 valence electrons. The van der Waals surface area contributed by atoms with E-state index in [-0.39, 0.29) is 27.9 Å². The molecular formula is C28H54N2O10S. The number of rotatable bonds is 6. The summed E-state index contributed by atoms with van der Waals surface area (Å²) in [6.07, 6.45) is 10.9. The van der Waals surface area contributed by atoms with Crippen molar-refractivity contribution in [2.75, 3.05) is 20.2 Å². The van der Waals surface area contributed by atoms with Crippen LogP contribution in [-0.2, 0) is 10.4 Å². The number of nitrogens with zero attached hydrogens (tertiary/aromatic N) is 2. The molecule has 3 fully saturated rings. The Morgan fingerprint density at radius 1 is 1.05 bits per heavy atom. The van der Waals surface area contributed by atoms with Crippen molar-refractivity contribution in [2.24, 2.45) is 11.8 Å². The zero-order valence-corrected chi connectivity index (χ0v) is 25.8. The van der Waals surface area contributed by atoms with E-state index in [4.69, 9.17) is 22.3 Å². The van der Waals surface area contributed by atoms with Gasteiger partial charge >= 0.3 is 10.4 Å². The van der Waals surface area contributed by atoms with Crippen LogP contribution in [0.4, 0.5) is 0 Å². The highest BCUT2D eigenvalue weighted by Gasteiger charge is 2.42. The summed E-state index contributed by atoms with van der Waals surface area (Å²) in [5.74, 6) is 2.01. The Balaban J connectivity index is -0.000000344. The highest BCUT2D eigenvalue weighted by atomic mass is 32.3. The third-order valence-corrected chi connectivity index (χ3v) is 6.82. The molecule has 0 radical (unpaired) electrons. The molecule has 1 aromatic heterocycles. The number of hydrogen-bond donors (Lipinski definition) is 3. The molecule has 5 atom stereocenters. The molecule has 2 unspecified atom stereocenters. The highest BCUT2D eigenvalue weighted by molar-refractivity contribution is 7.79. The van der Waals surface area contributed by atoms with Gasteiger partial charge < -0.3 is 31.7 Å². The van der Waals surface area contributed by atoms with Crippen LogP contribution in [-0.4, -0.2) is 80.7 Å². The van der Waals surface area contributed by atoms with Crippen LogP contribution < -0.4 is 4.74 Å². The Hall–Kier alpha value is -2.20. The van der Waals surface area contributed by atoms with Gasteiger partial charge in [0.2, 0.25) is 0 Å². The van der Waals surface area contributed by atoms with E-state index in [0.29, 0.717) is 11.8 Å². The molecular weight excluding hydrogens is 556 g/mol. The molecule has 12 nitrogen and oxygen atoms in total. The second-order valence-electron chi connectivity index (χ2n) is 9.42. The van der Waals surface area contributed by atoms with Gasteiger partial charge in [-0.2, -0.15) is 8.42 Å². The van der Waals surface area contributed by atoms with Crippen molar-refractivity contribution in [1.29, 1.82) is 0 Å².